The number of ether oxygens (including phenoxy) is 1. The Balaban J connectivity index is 2.08. The summed E-state index contributed by atoms with van der Waals surface area (Å²) in [6.45, 7) is 0.245. The molecule has 5 nitrogen and oxygen atoms in total. The number of benzene rings is 1. The first-order chi connectivity index (χ1) is 11.2. The number of aryl methyl sites for hydroxylation is 1. The molecule has 0 aliphatic heterocycles. The maximum absolute atomic E-state index is 9.51. The van der Waals surface area contributed by atoms with Crippen LogP contribution in [0.2, 0.25) is 0 Å². The van der Waals surface area contributed by atoms with Gasteiger partial charge < -0.3 is 15.6 Å². The zero-order valence-electron chi connectivity index (χ0n) is 12.9. The highest BCUT2D eigenvalue weighted by molar-refractivity contribution is 5.79. The molecule has 0 atom stereocenters. The quantitative estimate of drug-likeness (QED) is 0.905. The van der Waals surface area contributed by atoms with Gasteiger partial charge in [0.2, 0.25) is 0 Å². The summed E-state index contributed by atoms with van der Waals surface area (Å²) in [5.74, 6) is 1.00. The van der Waals surface area contributed by atoms with Gasteiger partial charge in [0, 0.05) is 11.3 Å². The van der Waals surface area contributed by atoms with Crippen molar-refractivity contribution >= 4 is 5.82 Å². The number of nitrogens with two attached hydrogens (primary N) is 1. The van der Waals surface area contributed by atoms with Crippen LogP contribution in [0.3, 0.4) is 0 Å². The van der Waals surface area contributed by atoms with Crippen LogP contribution in [0.1, 0.15) is 29.7 Å². The lowest BCUT2D eigenvalue weighted by atomic mass is 9.86. The second kappa shape index (κ2) is 6.67. The number of fused-ring (bicyclic) bond motifs is 1. The van der Waals surface area contributed by atoms with Crippen LogP contribution in [0, 0.1) is 11.3 Å². The Morgan fingerprint density at radius 3 is 2.65 bits per heavy atom. The molecule has 1 aliphatic rings. The highest BCUT2D eigenvalue weighted by Gasteiger charge is 2.21. The monoisotopic (exact) mass is 309 g/mol. The number of aromatic nitrogens is 1. The number of hydrogen-bond donors (Lipinski definition) is 2. The predicted octanol–water partition coefficient (Wildman–Crippen LogP) is 2.45. The number of nitriles is 1. The lowest BCUT2D eigenvalue weighted by Crippen LogP contribution is -2.11. The van der Waals surface area contributed by atoms with Crippen molar-refractivity contribution in [2.45, 2.75) is 25.7 Å². The van der Waals surface area contributed by atoms with E-state index in [0.717, 1.165) is 48.1 Å². The number of anilines is 1. The first-order valence-corrected chi connectivity index (χ1v) is 7.80. The van der Waals surface area contributed by atoms with Gasteiger partial charge in [-0.2, -0.15) is 5.26 Å². The number of pyridine rings is 1. The number of nitrogens with zero attached hydrogens (tertiary/aromatic N) is 2. The van der Waals surface area contributed by atoms with Gasteiger partial charge in [-0.1, -0.05) is 12.1 Å². The van der Waals surface area contributed by atoms with Gasteiger partial charge in [0.1, 0.15) is 29.8 Å². The maximum atomic E-state index is 9.51. The third-order valence-electron chi connectivity index (χ3n) is 4.12. The molecule has 118 valence electrons. The van der Waals surface area contributed by atoms with E-state index in [-0.39, 0.29) is 13.2 Å². The predicted molar refractivity (Wildman–Crippen MR) is 88.0 cm³/mol. The Hall–Kier alpha value is -2.58. The van der Waals surface area contributed by atoms with Crippen molar-refractivity contribution in [1.82, 2.24) is 4.98 Å². The SMILES string of the molecule is N#Cc1c(N)nc2c(c1-c1ccc(OCCO)cc1)CCCC2. The molecular formula is C18H19N3O2. The first-order valence-electron chi connectivity index (χ1n) is 7.80. The topological polar surface area (TPSA) is 92.2 Å². The fourth-order valence-corrected chi connectivity index (χ4v) is 3.08. The van der Waals surface area contributed by atoms with Crippen LogP contribution < -0.4 is 10.5 Å². The second-order valence-electron chi connectivity index (χ2n) is 5.59. The zero-order chi connectivity index (χ0) is 16.2. The Morgan fingerprint density at radius 2 is 1.96 bits per heavy atom. The Bertz CT molecular complexity index is 748. The minimum absolute atomic E-state index is 0.0191. The van der Waals surface area contributed by atoms with Crippen molar-refractivity contribution in [3.8, 4) is 22.9 Å². The van der Waals surface area contributed by atoms with Crippen LogP contribution in [-0.4, -0.2) is 23.3 Å². The molecule has 0 saturated heterocycles. The molecular weight excluding hydrogens is 290 g/mol. The highest BCUT2D eigenvalue weighted by Crippen LogP contribution is 2.36. The molecule has 3 rings (SSSR count). The van der Waals surface area contributed by atoms with Crippen LogP contribution in [-0.2, 0) is 12.8 Å². The molecule has 0 bridgehead atoms. The molecule has 1 aliphatic carbocycles. The van der Waals surface area contributed by atoms with E-state index in [1.54, 1.807) is 0 Å². The summed E-state index contributed by atoms with van der Waals surface area (Å²) >= 11 is 0. The van der Waals surface area contributed by atoms with E-state index >= 15 is 0 Å². The molecule has 0 saturated carbocycles. The molecule has 3 N–H and O–H groups in total. The summed E-state index contributed by atoms with van der Waals surface area (Å²) in [5.41, 5.74) is 10.5. The van der Waals surface area contributed by atoms with Crippen LogP contribution in [0.4, 0.5) is 5.82 Å². The van der Waals surface area contributed by atoms with Crippen molar-refractivity contribution < 1.29 is 9.84 Å². The van der Waals surface area contributed by atoms with Crippen molar-refractivity contribution in [3.63, 3.8) is 0 Å². The van der Waals surface area contributed by atoms with Gasteiger partial charge >= 0.3 is 0 Å². The number of aliphatic hydroxyl groups is 1. The lowest BCUT2D eigenvalue weighted by molar-refractivity contribution is 0.201. The molecule has 0 fully saturated rings. The summed E-state index contributed by atoms with van der Waals surface area (Å²) in [6, 6.07) is 9.76. The largest absolute Gasteiger partial charge is 0.491 e. The summed E-state index contributed by atoms with van der Waals surface area (Å²) in [4.78, 5) is 4.43. The van der Waals surface area contributed by atoms with Gasteiger partial charge in [0.05, 0.1) is 6.61 Å². The van der Waals surface area contributed by atoms with E-state index in [4.69, 9.17) is 15.6 Å². The van der Waals surface area contributed by atoms with Gasteiger partial charge in [0.25, 0.3) is 0 Å². The molecule has 0 spiro atoms. The van der Waals surface area contributed by atoms with E-state index in [1.807, 2.05) is 24.3 Å². The van der Waals surface area contributed by atoms with Gasteiger partial charge in [-0.15, -0.1) is 0 Å². The minimum Gasteiger partial charge on any atom is -0.491 e. The third kappa shape index (κ3) is 2.99. The Labute approximate surface area is 135 Å². The Kier molecular flexibility index (Phi) is 4.45. The van der Waals surface area contributed by atoms with E-state index in [1.165, 1.54) is 0 Å². The van der Waals surface area contributed by atoms with E-state index in [2.05, 4.69) is 11.1 Å². The highest BCUT2D eigenvalue weighted by atomic mass is 16.5. The standard InChI is InChI=1S/C18H19N3O2/c19-11-15-17(12-5-7-13(8-6-12)23-10-9-22)14-3-1-2-4-16(14)21-18(15)20/h5-8,22H,1-4,9-10H2,(H2,20,21). The maximum Gasteiger partial charge on any atom is 0.142 e. The summed E-state index contributed by atoms with van der Waals surface area (Å²) in [5, 5.41) is 18.3. The lowest BCUT2D eigenvalue weighted by Gasteiger charge is -2.21. The van der Waals surface area contributed by atoms with E-state index in [0.29, 0.717) is 17.1 Å². The minimum atomic E-state index is -0.0191. The summed E-state index contributed by atoms with van der Waals surface area (Å²) < 4.78 is 5.39. The van der Waals surface area contributed by atoms with Crippen molar-refractivity contribution in [2.75, 3.05) is 18.9 Å². The molecule has 0 radical (unpaired) electrons. The van der Waals surface area contributed by atoms with Crippen LogP contribution in [0.15, 0.2) is 24.3 Å². The number of hydrogen-bond acceptors (Lipinski definition) is 5. The van der Waals surface area contributed by atoms with Gasteiger partial charge in [-0.25, -0.2) is 4.98 Å². The van der Waals surface area contributed by atoms with Crippen LogP contribution in [0.25, 0.3) is 11.1 Å². The number of rotatable bonds is 4. The summed E-state index contributed by atoms with van der Waals surface area (Å²) in [6.07, 6.45) is 4.05. The van der Waals surface area contributed by atoms with Crippen molar-refractivity contribution in [2.24, 2.45) is 0 Å². The molecule has 1 heterocycles. The zero-order valence-corrected chi connectivity index (χ0v) is 12.9. The fourth-order valence-electron chi connectivity index (χ4n) is 3.08. The fraction of sp³-hybridized carbons (Fsp3) is 0.333. The van der Waals surface area contributed by atoms with Crippen molar-refractivity contribution in [3.05, 3.63) is 41.1 Å². The molecule has 5 heteroatoms. The number of nitrogen functional groups attached to an aromatic ring is 1. The third-order valence-corrected chi connectivity index (χ3v) is 4.12. The molecule has 0 unspecified atom stereocenters. The molecule has 1 aromatic heterocycles. The van der Waals surface area contributed by atoms with E-state index < -0.39 is 0 Å². The molecule has 0 amide bonds. The van der Waals surface area contributed by atoms with E-state index in [9.17, 15) is 5.26 Å². The number of aliphatic hydroxyl groups excluding tert-OH is 1. The average molecular weight is 309 g/mol. The summed E-state index contributed by atoms with van der Waals surface area (Å²) in [7, 11) is 0. The normalized spacial score (nSPS) is 13.2. The van der Waals surface area contributed by atoms with Gasteiger partial charge in [-0.05, 0) is 48.9 Å². The molecule has 1 aromatic carbocycles. The smallest absolute Gasteiger partial charge is 0.142 e. The second-order valence-corrected chi connectivity index (χ2v) is 5.59. The molecule has 2 aromatic rings. The molecule has 23 heavy (non-hydrogen) atoms. The van der Waals surface area contributed by atoms with Crippen molar-refractivity contribution in [1.29, 1.82) is 5.26 Å². The Morgan fingerprint density at radius 1 is 1.22 bits per heavy atom. The van der Waals surface area contributed by atoms with Crippen LogP contribution >= 0.6 is 0 Å². The van der Waals surface area contributed by atoms with Gasteiger partial charge in [0.15, 0.2) is 0 Å². The van der Waals surface area contributed by atoms with Gasteiger partial charge in [-0.3, -0.25) is 0 Å². The van der Waals surface area contributed by atoms with Crippen LogP contribution in [0.5, 0.6) is 5.75 Å². The average Bonchev–Trinajstić information content (AvgIpc) is 2.59. The first kappa shape index (κ1) is 15.3.